The van der Waals surface area contributed by atoms with Crippen LogP contribution in [0.15, 0.2) is 24.3 Å². The Morgan fingerprint density at radius 1 is 1.50 bits per heavy atom. The highest BCUT2D eigenvalue weighted by atomic mass is 16.6. The minimum Gasteiger partial charge on any atom is -0.497 e. The van der Waals surface area contributed by atoms with Crippen molar-refractivity contribution in [3.8, 4) is 5.75 Å². The summed E-state index contributed by atoms with van der Waals surface area (Å²) >= 11 is 0. The Hall–Kier alpha value is -1.62. The SMILES string of the molecule is COc1ccc([C@H](C[N+](=O)[O-])C2CCOC2)cc1. The first-order chi connectivity index (χ1) is 8.70. The Labute approximate surface area is 106 Å². The molecule has 0 saturated carbocycles. The summed E-state index contributed by atoms with van der Waals surface area (Å²) in [5.41, 5.74) is 0.989. The van der Waals surface area contributed by atoms with Crippen LogP contribution in [-0.4, -0.2) is 31.8 Å². The highest BCUT2D eigenvalue weighted by Crippen LogP contribution is 2.31. The van der Waals surface area contributed by atoms with E-state index in [2.05, 4.69) is 0 Å². The van der Waals surface area contributed by atoms with Gasteiger partial charge in [0, 0.05) is 11.5 Å². The van der Waals surface area contributed by atoms with E-state index in [9.17, 15) is 10.1 Å². The number of hydrogen-bond donors (Lipinski definition) is 0. The number of hydrogen-bond acceptors (Lipinski definition) is 4. The maximum absolute atomic E-state index is 10.8. The average molecular weight is 251 g/mol. The van der Waals surface area contributed by atoms with Crippen LogP contribution in [0.3, 0.4) is 0 Å². The summed E-state index contributed by atoms with van der Waals surface area (Å²) in [4.78, 5) is 10.6. The van der Waals surface area contributed by atoms with Crippen molar-refractivity contribution in [2.24, 2.45) is 5.92 Å². The van der Waals surface area contributed by atoms with E-state index < -0.39 is 0 Å². The molecule has 0 radical (unpaired) electrons. The Morgan fingerprint density at radius 2 is 2.22 bits per heavy atom. The first-order valence-electron chi connectivity index (χ1n) is 6.04. The monoisotopic (exact) mass is 251 g/mol. The van der Waals surface area contributed by atoms with Gasteiger partial charge in [0.15, 0.2) is 0 Å². The van der Waals surface area contributed by atoms with Gasteiger partial charge in [-0.05, 0) is 30.0 Å². The van der Waals surface area contributed by atoms with Gasteiger partial charge in [-0.25, -0.2) is 0 Å². The molecule has 0 aliphatic carbocycles. The van der Waals surface area contributed by atoms with Crippen molar-refractivity contribution in [1.82, 2.24) is 0 Å². The first kappa shape index (κ1) is 12.8. The van der Waals surface area contributed by atoms with Gasteiger partial charge in [-0.15, -0.1) is 0 Å². The summed E-state index contributed by atoms with van der Waals surface area (Å²) in [5, 5.41) is 10.8. The van der Waals surface area contributed by atoms with E-state index in [1.165, 1.54) is 0 Å². The Morgan fingerprint density at radius 3 is 2.72 bits per heavy atom. The second-order valence-electron chi connectivity index (χ2n) is 4.52. The van der Waals surface area contributed by atoms with Gasteiger partial charge in [0.05, 0.1) is 19.6 Å². The lowest BCUT2D eigenvalue weighted by Gasteiger charge is -2.19. The number of ether oxygens (including phenoxy) is 2. The van der Waals surface area contributed by atoms with Crippen LogP contribution in [-0.2, 0) is 4.74 Å². The van der Waals surface area contributed by atoms with Gasteiger partial charge in [0.2, 0.25) is 6.54 Å². The van der Waals surface area contributed by atoms with E-state index in [4.69, 9.17) is 9.47 Å². The molecule has 1 aliphatic rings. The second kappa shape index (κ2) is 5.82. The number of nitrogens with zero attached hydrogens (tertiary/aromatic N) is 1. The molecular formula is C13H17NO4. The highest BCUT2D eigenvalue weighted by molar-refractivity contribution is 5.30. The third kappa shape index (κ3) is 2.98. The average Bonchev–Trinajstić information content (AvgIpc) is 2.89. The van der Waals surface area contributed by atoms with Crippen LogP contribution in [0, 0.1) is 16.0 Å². The molecule has 5 heteroatoms. The number of benzene rings is 1. The summed E-state index contributed by atoms with van der Waals surface area (Å²) in [6.07, 6.45) is 0.893. The fourth-order valence-corrected chi connectivity index (χ4v) is 2.41. The molecule has 0 aromatic heterocycles. The third-order valence-corrected chi connectivity index (χ3v) is 3.42. The van der Waals surface area contributed by atoms with Crippen LogP contribution in [0.4, 0.5) is 0 Å². The second-order valence-corrected chi connectivity index (χ2v) is 4.52. The lowest BCUT2D eigenvalue weighted by Crippen LogP contribution is -2.21. The zero-order valence-corrected chi connectivity index (χ0v) is 10.4. The molecule has 1 aromatic carbocycles. The summed E-state index contributed by atoms with van der Waals surface area (Å²) in [7, 11) is 1.61. The maximum atomic E-state index is 10.8. The Bertz CT molecular complexity index is 398. The van der Waals surface area contributed by atoms with Crippen LogP contribution in [0.2, 0.25) is 0 Å². The van der Waals surface area contributed by atoms with E-state index in [1.807, 2.05) is 24.3 Å². The van der Waals surface area contributed by atoms with Gasteiger partial charge >= 0.3 is 0 Å². The van der Waals surface area contributed by atoms with Gasteiger partial charge < -0.3 is 9.47 Å². The molecule has 98 valence electrons. The van der Waals surface area contributed by atoms with Crippen LogP contribution < -0.4 is 4.74 Å². The Kier molecular flexibility index (Phi) is 4.15. The van der Waals surface area contributed by atoms with E-state index in [1.54, 1.807) is 7.11 Å². The molecule has 0 bridgehead atoms. The van der Waals surface area contributed by atoms with Crippen LogP contribution in [0.1, 0.15) is 17.9 Å². The smallest absolute Gasteiger partial charge is 0.211 e. The molecule has 1 aliphatic heterocycles. The first-order valence-corrected chi connectivity index (χ1v) is 6.04. The van der Waals surface area contributed by atoms with Crippen molar-refractivity contribution in [2.45, 2.75) is 12.3 Å². The molecule has 2 rings (SSSR count). The van der Waals surface area contributed by atoms with Gasteiger partial charge in [-0.1, -0.05) is 12.1 Å². The largest absolute Gasteiger partial charge is 0.497 e. The summed E-state index contributed by atoms with van der Waals surface area (Å²) in [5.74, 6) is 0.929. The van der Waals surface area contributed by atoms with Gasteiger partial charge in [0.25, 0.3) is 0 Å². The van der Waals surface area contributed by atoms with Crippen LogP contribution >= 0.6 is 0 Å². The number of rotatable bonds is 5. The molecule has 2 atom stereocenters. The quantitative estimate of drug-likeness (QED) is 0.594. The van der Waals surface area contributed by atoms with Gasteiger partial charge in [-0.2, -0.15) is 0 Å². The minimum atomic E-state index is -0.243. The fourth-order valence-electron chi connectivity index (χ4n) is 2.41. The molecule has 0 N–H and O–H groups in total. The number of nitro groups is 1. The van der Waals surface area contributed by atoms with E-state index in [0.29, 0.717) is 13.2 Å². The van der Waals surface area contributed by atoms with Crippen LogP contribution in [0.25, 0.3) is 0 Å². The summed E-state index contributed by atoms with van der Waals surface area (Å²) < 4.78 is 10.4. The van der Waals surface area contributed by atoms with Crippen molar-refractivity contribution in [3.63, 3.8) is 0 Å². The van der Waals surface area contributed by atoms with Crippen molar-refractivity contribution in [1.29, 1.82) is 0 Å². The molecule has 1 fully saturated rings. The molecule has 18 heavy (non-hydrogen) atoms. The van der Waals surface area contributed by atoms with Crippen molar-refractivity contribution in [3.05, 3.63) is 39.9 Å². The van der Waals surface area contributed by atoms with Gasteiger partial charge in [-0.3, -0.25) is 10.1 Å². The molecule has 0 spiro atoms. The molecular weight excluding hydrogens is 234 g/mol. The van der Waals surface area contributed by atoms with Crippen molar-refractivity contribution >= 4 is 0 Å². The molecule has 1 heterocycles. The van der Waals surface area contributed by atoms with E-state index >= 15 is 0 Å². The normalized spacial score (nSPS) is 20.6. The van der Waals surface area contributed by atoms with E-state index in [-0.39, 0.29) is 23.3 Å². The molecule has 1 saturated heterocycles. The predicted octanol–water partition coefficient (Wildman–Crippen LogP) is 2.09. The Balaban J connectivity index is 2.17. The highest BCUT2D eigenvalue weighted by Gasteiger charge is 2.30. The molecule has 0 amide bonds. The van der Waals surface area contributed by atoms with Gasteiger partial charge in [0.1, 0.15) is 5.75 Å². The standard InChI is InChI=1S/C13H17NO4/c1-17-12-4-2-10(3-5-12)13(8-14(15)16)11-6-7-18-9-11/h2-5,11,13H,6-9H2,1H3/t11?,13-/m0/s1. The fraction of sp³-hybridized carbons (Fsp3) is 0.538. The summed E-state index contributed by atoms with van der Waals surface area (Å²) in [6.45, 7) is 1.28. The molecule has 5 nitrogen and oxygen atoms in total. The van der Waals surface area contributed by atoms with Crippen molar-refractivity contribution < 1.29 is 14.4 Å². The van der Waals surface area contributed by atoms with Crippen LogP contribution in [0.5, 0.6) is 5.75 Å². The van der Waals surface area contributed by atoms with Crippen molar-refractivity contribution in [2.75, 3.05) is 26.9 Å². The number of methoxy groups -OCH3 is 1. The maximum Gasteiger partial charge on any atom is 0.211 e. The lowest BCUT2D eigenvalue weighted by molar-refractivity contribution is -0.484. The topological polar surface area (TPSA) is 61.6 Å². The zero-order chi connectivity index (χ0) is 13.0. The zero-order valence-electron chi connectivity index (χ0n) is 10.4. The molecule has 1 aromatic rings. The lowest BCUT2D eigenvalue weighted by atomic mass is 9.85. The predicted molar refractivity (Wildman–Crippen MR) is 66.5 cm³/mol. The van der Waals surface area contributed by atoms with E-state index in [0.717, 1.165) is 17.7 Å². The molecule has 1 unspecified atom stereocenters. The summed E-state index contributed by atoms with van der Waals surface area (Å²) in [6, 6.07) is 7.51. The minimum absolute atomic E-state index is 0.0413. The third-order valence-electron chi connectivity index (χ3n) is 3.42.